The maximum Gasteiger partial charge on any atom is 0.210 e. The summed E-state index contributed by atoms with van der Waals surface area (Å²) < 4.78 is 7.29. The molecule has 0 atom stereocenters. The van der Waals surface area contributed by atoms with E-state index in [1.54, 1.807) is 0 Å². The largest absolute Gasteiger partial charge is 0.485 e. The Bertz CT molecular complexity index is 881. The lowest BCUT2D eigenvalue weighted by atomic mass is 10.1. The van der Waals surface area contributed by atoms with Crippen molar-refractivity contribution in [3.05, 3.63) is 70.0 Å². The summed E-state index contributed by atoms with van der Waals surface area (Å²) in [4.78, 5) is 0. The Labute approximate surface area is 156 Å². The van der Waals surface area contributed by atoms with Gasteiger partial charge in [-0.1, -0.05) is 53.2 Å². The SMILES string of the molecule is Cc1ccc(OCc2nnc(SCc3cccc(Cl)c3)n2N)c(C)c1. The smallest absolute Gasteiger partial charge is 0.210 e. The minimum absolute atomic E-state index is 0.269. The molecule has 2 aromatic carbocycles. The number of hydrogen-bond donors (Lipinski definition) is 1. The van der Waals surface area contributed by atoms with Crippen LogP contribution in [0.3, 0.4) is 0 Å². The summed E-state index contributed by atoms with van der Waals surface area (Å²) in [5.41, 5.74) is 3.39. The highest BCUT2D eigenvalue weighted by molar-refractivity contribution is 7.98. The van der Waals surface area contributed by atoms with Crippen LogP contribution >= 0.6 is 23.4 Å². The first-order valence-electron chi connectivity index (χ1n) is 7.79. The van der Waals surface area contributed by atoms with Gasteiger partial charge in [0.15, 0.2) is 5.82 Å². The van der Waals surface area contributed by atoms with E-state index in [0.717, 1.165) is 21.9 Å². The van der Waals surface area contributed by atoms with Crippen molar-refractivity contribution in [2.24, 2.45) is 0 Å². The highest BCUT2D eigenvalue weighted by Crippen LogP contribution is 2.23. The number of hydrogen-bond acceptors (Lipinski definition) is 5. The molecule has 1 aromatic heterocycles. The third kappa shape index (κ3) is 4.46. The monoisotopic (exact) mass is 374 g/mol. The third-order valence-corrected chi connectivity index (χ3v) is 4.93. The second-order valence-electron chi connectivity index (χ2n) is 5.75. The summed E-state index contributed by atoms with van der Waals surface area (Å²) in [5.74, 6) is 8.20. The Balaban J connectivity index is 1.62. The van der Waals surface area contributed by atoms with E-state index in [-0.39, 0.29) is 6.61 Å². The van der Waals surface area contributed by atoms with Gasteiger partial charge in [-0.05, 0) is 43.2 Å². The fourth-order valence-electron chi connectivity index (χ4n) is 2.38. The minimum Gasteiger partial charge on any atom is -0.485 e. The van der Waals surface area contributed by atoms with Crippen molar-refractivity contribution in [2.45, 2.75) is 31.4 Å². The Hall–Kier alpha value is -2.18. The molecule has 0 aliphatic rings. The van der Waals surface area contributed by atoms with Gasteiger partial charge in [-0.2, -0.15) is 0 Å². The normalized spacial score (nSPS) is 10.8. The predicted molar refractivity (Wildman–Crippen MR) is 101 cm³/mol. The van der Waals surface area contributed by atoms with Gasteiger partial charge in [0.1, 0.15) is 12.4 Å². The van der Waals surface area contributed by atoms with Crippen molar-refractivity contribution >= 4 is 23.4 Å². The molecule has 0 saturated heterocycles. The lowest BCUT2D eigenvalue weighted by Crippen LogP contribution is -2.16. The summed E-state index contributed by atoms with van der Waals surface area (Å²) in [6, 6.07) is 13.8. The number of thioether (sulfide) groups is 1. The van der Waals surface area contributed by atoms with Crippen LogP contribution in [0, 0.1) is 13.8 Å². The summed E-state index contributed by atoms with van der Waals surface area (Å²) in [7, 11) is 0. The van der Waals surface area contributed by atoms with Crippen molar-refractivity contribution in [2.75, 3.05) is 5.84 Å². The molecule has 0 saturated carbocycles. The molecule has 7 heteroatoms. The molecule has 5 nitrogen and oxygen atoms in total. The molecule has 2 N–H and O–H groups in total. The molecule has 3 aromatic rings. The van der Waals surface area contributed by atoms with Crippen LogP contribution in [-0.4, -0.2) is 14.9 Å². The summed E-state index contributed by atoms with van der Waals surface area (Å²) in [5, 5.41) is 9.62. The molecule has 130 valence electrons. The van der Waals surface area contributed by atoms with Gasteiger partial charge in [0.2, 0.25) is 5.16 Å². The Morgan fingerprint density at radius 3 is 2.76 bits per heavy atom. The molecule has 0 radical (unpaired) electrons. The van der Waals surface area contributed by atoms with Crippen LogP contribution in [0.4, 0.5) is 0 Å². The van der Waals surface area contributed by atoms with E-state index in [2.05, 4.69) is 23.2 Å². The first-order chi connectivity index (χ1) is 12.0. The van der Waals surface area contributed by atoms with Gasteiger partial charge in [0, 0.05) is 10.8 Å². The molecule has 0 aliphatic heterocycles. The first-order valence-corrected chi connectivity index (χ1v) is 9.16. The highest BCUT2D eigenvalue weighted by Gasteiger charge is 2.12. The van der Waals surface area contributed by atoms with E-state index in [1.807, 2.05) is 43.3 Å². The fraction of sp³-hybridized carbons (Fsp3) is 0.222. The Morgan fingerprint density at radius 1 is 1.16 bits per heavy atom. The highest BCUT2D eigenvalue weighted by atomic mass is 35.5. The number of rotatable bonds is 6. The van der Waals surface area contributed by atoms with Gasteiger partial charge in [-0.25, -0.2) is 4.68 Å². The van der Waals surface area contributed by atoms with Crippen LogP contribution in [0.5, 0.6) is 5.75 Å². The molecule has 0 bridgehead atoms. The first kappa shape index (κ1) is 17.6. The van der Waals surface area contributed by atoms with E-state index in [1.165, 1.54) is 22.0 Å². The van der Waals surface area contributed by atoms with Crippen LogP contribution in [0.1, 0.15) is 22.5 Å². The van der Waals surface area contributed by atoms with Crippen LogP contribution in [0.2, 0.25) is 5.02 Å². The Morgan fingerprint density at radius 2 is 2.00 bits per heavy atom. The number of aromatic nitrogens is 3. The van der Waals surface area contributed by atoms with Crippen molar-refractivity contribution in [3.8, 4) is 5.75 Å². The zero-order valence-electron chi connectivity index (χ0n) is 14.1. The number of nitrogens with zero attached hydrogens (tertiary/aromatic N) is 3. The lowest BCUT2D eigenvalue weighted by Gasteiger charge is -2.09. The molecule has 0 fully saturated rings. The van der Waals surface area contributed by atoms with Gasteiger partial charge >= 0.3 is 0 Å². The standard InChI is InChI=1S/C18H19ClN4OS/c1-12-6-7-16(13(2)8-12)24-10-17-21-22-18(23(17)20)25-11-14-4-3-5-15(19)9-14/h3-9H,10-11,20H2,1-2H3. The van der Waals surface area contributed by atoms with Crippen LogP contribution < -0.4 is 10.6 Å². The Kier molecular flexibility index (Phi) is 5.50. The summed E-state index contributed by atoms with van der Waals surface area (Å²) >= 11 is 7.51. The van der Waals surface area contributed by atoms with Crippen LogP contribution in [0.15, 0.2) is 47.6 Å². The second-order valence-corrected chi connectivity index (χ2v) is 7.12. The van der Waals surface area contributed by atoms with Crippen LogP contribution in [-0.2, 0) is 12.4 Å². The maximum atomic E-state index is 6.09. The molecular weight excluding hydrogens is 356 g/mol. The van der Waals surface area contributed by atoms with E-state index < -0.39 is 0 Å². The average molecular weight is 375 g/mol. The van der Waals surface area contributed by atoms with Gasteiger partial charge < -0.3 is 10.6 Å². The number of halogens is 1. The van der Waals surface area contributed by atoms with E-state index >= 15 is 0 Å². The number of benzene rings is 2. The van der Waals surface area contributed by atoms with E-state index in [4.69, 9.17) is 22.2 Å². The quantitative estimate of drug-likeness (QED) is 0.519. The number of nitrogens with two attached hydrogens (primary N) is 1. The predicted octanol–water partition coefficient (Wildman–Crippen LogP) is 4.13. The summed E-state index contributed by atoms with van der Waals surface area (Å²) in [6.07, 6.45) is 0. The third-order valence-electron chi connectivity index (χ3n) is 3.68. The maximum absolute atomic E-state index is 6.09. The molecule has 0 spiro atoms. The van der Waals surface area contributed by atoms with Gasteiger partial charge in [0.25, 0.3) is 0 Å². The number of nitrogen functional groups attached to an aromatic ring is 1. The molecule has 25 heavy (non-hydrogen) atoms. The molecule has 3 rings (SSSR count). The molecule has 0 unspecified atom stereocenters. The topological polar surface area (TPSA) is 66.0 Å². The van der Waals surface area contributed by atoms with Crippen molar-refractivity contribution in [1.29, 1.82) is 0 Å². The second kappa shape index (κ2) is 7.80. The van der Waals surface area contributed by atoms with Gasteiger partial charge in [-0.15, -0.1) is 10.2 Å². The lowest BCUT2D eigenvalue weighted by molar-refractivity contribution is 0.289. The van der Waals surface area contributed by atoms with Crippen LogP contribution in [0.25, 0.3) is 0 Å². The average Bonchev–Trinajstić information content (AvgIpc) is 2.92. The molecule has 0 aliphatic carbocycles. The van der Waals surface area contributed by atoms with Crippen molar-refractivity contribution in [1.82, 2.24) is 14.9 Å². The molecular formula is C18H19ClN4OS. The van der Waals surface area contributed by atoms with E-state index in [0.29, 0.717) is 16.7 Å². The minimum atomic E-state index is 0.269. The van der Waals surface area contributed by atoms with Crippen molar-refractivity contribution < 1.29 is 4.74 Å². The molecule has 0 amide bonds. The van der Waals surface area contributed by atoms with Gasteiger partial charge in [0.05, 0.1) is 0 Å². The summed E-state index contributed by atoms with van der Waals surface area (Å²) in [6.45, 7) is 4.34. The van der Waals surface area contributed by atoms with Crippen molar-refractivity contribution in [3.63, 3.8) is 0 Å². The van der Waals surface area contributed by atoms with Gasteiger partial charge in [-0.3, -0.25) is 0 Å². The zero-order valence-corrected chi connectivity index (χ0v) is 15.6. The van der Waals surface area contributed by atoms with E-state index in [9.17, 15) is 0 Å². The molecule has 1 heterocycles. The zero-order chi connectivity index (χ0) is 17.8. The number of aryl methyl sites for hydroxylation is 2. The fourth-order valence-corrected chi connectivity index (χ4v) is 3.41. The number of ether oxygens (including phenoxy) is 1.